The fourth-order valence-electron chi connectivity index (χ4n) is 1.96. The SMILES string of the molecule is CC(Cc1ccsc1)Nc1cc(CSCCO)ccn1. The van der Waals surface area contributed by atoms with Gasteiger partial charge in [-0.25, -0.2) is 4.98 Å². The summed E-state index contributed by atoms with van der Waals surface area (Å²) in [5.41, 5.74) is 2.60. The van der Waals surface area contributed by atoms with Gasteiger partial charge in [0.25, 0.3) is 0 Å². The Morgan fingerprint density at radius 1 is 1.40 bits per heavy atom. The van der Waals surface area contributed by atoms with Crippen LogP contribution in [-0.2, 0) is 12.2 Å². The van der Waals surface area contributed by atoms with E-state index in [9.17, 15) is 0 Å². The Labute approximate surface area is 128 Å². The molecule has 0 aliphatic rings. The summed E-state index contributed by atoms with van der Waals surface area (Å²) in [5, 5.41) is 16.5. The van der Waals surface area contributed by atoms with Gasteiger partial charge in [-0.05, 0) is 53.4 Å². The molecule has 1 atom stereocenters. The molecular weight excluding hydrogens is 288 g/mol. The van der Waals surface area contributed by atoms with Crippen LogP contribution in [0, 0.1) is 0 Å². The molecule has 0 saturated carbocycles. The summed E-state index contributed by atoms with van der Waals surface area (Å²) in [7, 11) is 0. The van der Waals surface area contributed by atoms with E-state index >= 15 is 0 Å². The number of thioether (sulfide) groups is 1. The Bertz CT molecular complexity index is 502. The van der Waals surface area contributed by atoms with E-state index in [1.807, 2.05) is 12.3 Å². The van der Waals surface area contributed by atoms with Crippen molar-refractivity contribution in [3.05, 3.63) is 46.3 Å². The number of aliphatic hydroxyl groups is 1. The predicted octanol–water partition coefficient (Wildman–Crippen LogP) is 3.41. The molecule has 108 valence electrons. The molecule has 0 aliphatic carbocycles. The van der Waals surface area contributed by atoms with E-state index in [1.165, 1.54) is 11.1 Å². The molecule has 0 bridgehead atoms. The van der Waals surface area contributed by atoms with Gasteiger partial charge >= 0.3 is 0 Å². The van der Waals surface area contributed by atoms with Crippen LogP contribution in [0.5, 0.6) is 0 Å². The zero-order valence-electron chi connectivity index (χ0n) is 11.6. The van der Waals surface area contributed by atoms with Crippen LogP contribution in [0.3, 0.4) is 0 Å². The zero-order chi connectivity index (χ0) is 14.2. The molecule has 0 spiro atoms. The van der Waals surface area contributed by atoms with Gasteiger partial charge in [-0.15, -0.1) is 0 Å². The van der Waals surface area contributed by atoms with Crippen LogP contribution < -0.4 is 5.32 Å². The second kappa shape index (κ2) is 8.29. The average molecular weight is 308 g/mol. The minimum atomic E-state index is 0.235. The van der Waals surface area contributed by atoms with Gasteiger partial charge < -0.3 is 10.4 Å². The first-order valence-electron chi connectivity index (χ1n) is 6.69. The lowest BCUT2D eigenvalue weighted by atomic mass is 10.1. The smallest absolute Gasteiger partial charge is 0.126 e. The number of aromatic nitrogens is 1. The van der Waals surface area contributed by atoms with Crippen LogP contribution in [0.15, 0.2) is 35.2 Å². The van der Waals surface area contributed by atoms with Crippen molar-refractivity contribution in [2.24, 2.45) is 0 Å². The fraction of sp³-hybridized carbons (Fsp3) is 0.400. The topological polar surface area (TPSA) is 45.1 Å². The summed E-state index contributed by atoms with van der Waals surface area (Å²) in [6, 6.07) is 6.64. The molecule has 2 aromatic heterocycles. The summed E-state index contributed by atoms with van der Waals surface area (Å²) in [5.74, 6) is 2.62. The van der Waals surface area contributed by atoms with Crippen LogP contribution in [-0.4, -0.2) is 28.5 Å². The standard InChI is InChI=1S/C15H20N2OS2/c1-12(8-14-3-6-19-11-14)17-15-9-13(2-4-16-15)10-20-7-5-18/h2-4,6,9,11-12,18H,5,7-8,10H2,1H3,(H,16,17). The monoisotopic (exact) mass is 308 g/mol. The minimum absolute atomic E-state index is 0.235. The number of hydrogen-bond donors (Lipinski definition) is 2. The van der Waals surface area contributed by atoms with Gasteiger partial charge in [0, 0.05) is 23.7 Å². The third kappa shape index (κ3) is 5.15. The third-order valence-electron chi connectivity index (χ3n) is 2.84. The number of nitrogens with one attached hydrogen (secondary N) is 1. The molecule has 0 aliphatic heterocycles. The van der Waals surface area contributed by atoms with Gasteiger partial charge in [-0.1, -0.05) is 0 Å². The van der Waals surface area contributed by atoms with Crippen molar-refractivity contribution in [3.63, 3.8) is 0 Å². The molecule has 20 heavy (non-hydrogen) atoms. The van der Waals surface area contributed by atoms with E-state index in [1.54, 1.807) is 23.1 Å². The maximum Gasteiger partial charge on any atom is 0.126 e. The van der Waals surface area contributed by atoms with Crippen LogP contribution >= 0.6 is 23.1 Å². The van der Waals surface area contributed by atoms with Gasteiger partial charge in [0.05, 0.1) is 6.61 Å². The number of anilines is 1. The number of thiophene rings is 1. The lowest BCUT2D eigenvalue weighted by Gasteiger charge is -2.14. The molecular formula is C15H20N2OS2. The van der Waals surface area contributed by atoms with Gasteiger partial charge in [0.2, 0.25) is 0 Å². The molecule has 3 nitrogen and oxygen atoms in total. The Morgan fingerprint density at radius 2 is 2.30 bits per heavy atom. The van der Waals surface area contributed by atoms with Crippen molar-refractivity contribution in [3.8, 4) is 0 Å². The largest absolute Gasteiger partial charge is 0.396 e. The van der Waals surface area contributed by atoms with Crippen LogP contribution in [0.1, 0.15) is 18.1 Å². The molecule has 0 aromatic carbocycles. The summed E-state index contributed by atoms with van der Waals surface area (Å²) >= 11 is 3.47. The molecule has 2 heterocycles. The highest BCUT2D eigenvalue weighted by Gasteiger charge is 2.05. The van der Waals surface area contributed by atoms with Crippen molar-refractivity contribution >= 4 is 28.9 Å². The summed E-state index contributed by atoms with van der Waals surface area (Å²) < 4.78 is 0. The summed E-state index contributed by atoms with van der Waals surface area (Å²) in [6.07, 6.45) is 2.85. The molecule has 0 fully saturated rings. The van der Waals surface area contributed by atoms with E-state index in [-0.39, 0.29) is 6.61 Å². The normalized spacial score (nSPS) is 12.3. The molecule has 0 amide bonds. The van der Waals surface area contributed by atoms with E-state index < -0.39 is 0 Å². The van der Waals surface area contributed by atoms with Crippen molar-refractivity contribution in [1.82, 2.24) is 4.98 Å². The van der Waals surface area contributed by atoms with E-state index in [2.05, 4.69) is 40.1 Å². The Kier molecular flexibility index (Phi) is 6.36. The van der Waals surface area contributed by atoms with Crippen LogP contribution in [0.25, 0.3) is 0 Å². The second-order valence-electron chi connectivity index (χ2n) is 4.71. The summed E-state index contributed by atoms with van der Waals surface area (Å²) in [6.45, 7) is 2.41. The molecule has 2 rings (SSSR count). The minimum Gasteiger partial charge on any atom is -0.396 e. The maximum absolute atomic E-state index is 8.80. The van der Waals surface area contributed by atoms with Crippen molar-refractivity contribution < 1.29 is 5.11 Å². The molecule has 2 aromatic rings. The van der Waals surface area contributed by atoms with E-state index in [0.717, 1.165) is 23.7 Å². The maximum atomic E-state index is 8.80. The number of aliphatic hydroxyl groups excluding tert-OH is 1. The lowest BCUT2D eigenvalue weighted by molar-refractivity contribution is 0.322. The van der Waals surface area contributed by atoms with Crippen LogP contribution in [0.4, 0.5) is 5.82 Å². The highest BCUT2D eigenvalue weighted by molar-refractivity contribution is 7.98. The quantitative estimate of drug-likeness (QED) is 0.734. The van der Waals surface area contributed by atoms with Gasteiger partial charge in [-0.3, -0.25) is 0 Å². The van der Waals surface area contributed by atoms with Gasteiger partial charge in [0.15, 0.2) is 0 Å². The Hall–Kier alpha value is -1.04. The third-order valence-corrected chi connectivity index (χ3v) is 4.59. The first kappa shape index (κ1) is 15.4. The number of rotatable bonds is 8. The van der Waals surface area contributed by atoms with Crippen LogP contribution in [0.2, 0.25) is 0 Å². The number of nitrogens with zero attached hydrogens (tertiary/aromatic N) is 1. The summed E-state index contributed by atoms with van der Waals surface area (Å²) in [4.78, 5) is 4.37. The fourth-order valence-corrected chi connectivity index (χ4v) is 3.33. The van der Waals surface area contributed by atoms with Crippen molar-refractivity contribution in [2.75, 3.05) is 17.7 Å². The first-order valence-corrected chi connectivity index (χ1v) is 8.79. The Balaban J connectivity index is 1.86. The van der Waals surface area contributed by atoms with Crippen molar-refractivity contribution in [1.29, 1.82) is 0 Å². The molecule has 0 radical (unpaired) electrons. The number of pyridine rings is 1. The number of hydrogen-bond acceptors (Lipinski definition) is 5. The Morgan fingerprint density at radius 3 is 3.05 bits per heavy atom. The second-order valence-corrected chi connectivity index (χ2v) is 6.59. The van der Waals surface area contributed by atoms with Crippen molar-refractivity contribution in [2.45, 2.75) is 25.1 Å². The first-order chi connectivity index (χ1) is 9.78. The molecule has 2 N–H and O–H groups in total. The highest BCUT2D eigenvalue weighted by atomic mass is 32.2. The van der Waals surface area contributed by atoms with E-state index in [0.29, 0.717) is 6.04 Å². The average Bonchev–Trinajstić information content (AvgIpc) is 2.92. The highest BCUT2D eigenvalue weighted by Crippen LogP contribution is 2.16. The molecule has 0 saturated heterocycles. The van der Waals surface area contributed by atoms with Gasteiger partial charge in [0.1, 0.15) is 5.82 Å². The predicted molar refractivity (Wildman–Crippen MR) is 88.6 cm³/mol. The molecule has 1 unspecified atom stereocenters. The lowest BCUT2D eigenvalue weighted by Crippen LogP contribution is -2.18. The van der Waals surface area contributed by atoms with Gasteiger partial charge in [-0.2, -0.15) is 23.1 Å². The zero-order valence-corrected chi connectivity index (χ0v) is 13.2. The molecule has 5 heteroatoms. The van der Waals surface area contributed by atoms with E-state index in [4.69, 9.17) is 5.11 Å².